The van der Waals surface area contributed by atoms with Gasteiger partial charge < -0.3 is 4.57 Å². The summed E-state index contributed by atoms with van der Waals surface area (Å²) in [7, 11) is 3.17. The van der Waals surface area contributed by atoms with Gasteiger partial charge in [0.2, 0.25) is 0 Å². The summed E-state index contributed by atoms with van der Waals surface area (Å²) in [6.45, 7) is 4.29. The average Bonchev–Trinajstić information content (AvgIpc) is 3.00. The molecule has 1 atom stereocenters. The van der Waals surface area contributed by atoms with E-state index >= 15 is 0 Å². The van der Waals surface area contributed by atoms with Crippen LogP contribution in [0.1, 0.15) is 31.9 Å². The second-order valence-corrected chi connectivity index (χ2v) is 6.70. The quantitative estimate of drug-likeness (QED) is 0.482. The van der Waals surface area contributed by atoms with Crippen molar-refractivity contribution in [3.05, 3.63) is 41.6 Å². The summed E-state index contributed by atoms with van der Waals surface area (Å²) < 4.78 is 2.19. The van der Waals surface area contributed by atoms with E-state index in [0.717, 1.165) is 22.9 Å². The lowest BCUT2D eigenvalue weighted by molar-refractivity contribution is -0.132. The molecule has 0 spiro atoms. The van der Waals surface area contributed by atoms with Crippen molar-refractivity contribution in [2.75, 3.05) is 14.1 Å². The molecule has 2 amide bonds. The second kappa shape index (κ2) is 6.44. The van der Waals surface area contributed by atoms with Crippen LogP contribution in [0.2, 0.25) is 0 Å². The largest absolute Gasteiger partial charge is 0.344 e. The number of benzene rings is 1. The fourth-order valence-electron chi connectivity index (χ4n) is 3.04. The summed E-state index contributed by atoms with van der Waals surface area (Å²) in [5.74, 6) is -0.734. The normalized spacial score (nSPS) is 16.8. The van der Waals surface area contributed by atoms with Gasteiger partial charge in [-0.1, -0.05) is 25.1 Å². The van der Waals surface area contributed by atoms with E-state index in [1.54, 1.807) is 20.2 Å². The van der Waals surface area contributed by atoms with Crippen molar-refractivity contribution < 1.29 is 9.59 Å². The van der Waals surface area contributed by atoms with Crippen LogP contribution in [0, 0.1) is 0 Å². The first-order valence-corrected chi connectivity index (χ1v) is 8.69. The van der Waals surface area contributed by atoms with Crippen LogP contribution < -0.4 is 0 Å². The maximum Gasteiger partial charge on any atom is 0.265 e. The summed E-state index contributed by atoms with van der Waals surface area (Å²) in [6.07, 6.45) is 4.69. The van der Waals surface area contributed by atoms with Gasteiger partial charge in [-0.25, -0.2) is 0 Å². The Morgan fingerprint density at radius 3 is 2.32 bits per heavy atom. The molecule has 2 heterocycles. The molecule has 0 aliphatic carbocycles. The fraction of sp³-hybridized carbons (Fsp3) is 0.316. The molecule has 1 saturated heterocycles. The molecule has 25 heavy (non-hydrogen) atoms. The van der Waals surface area contributed by atoms with Gasteiger partial charge in [-0.05, 0) is 37.7 Å². The van der Waals surface area contributed by atoms with Crippen LogP contribution in [0.25, 0.3) is 17.0 Å². The lowest BCUT2D eigenvalue weighted by atomic mass is 10.1. The van der Waals surface area contributed by atoms with Crippen molar-refractivity contribution in [2.45, 2.75) is 26.3 Å². The molecule has 1 aliphatic rings. The number of hydrogen-bond acceptors (Lipinski definition) is 3. The third-order valence-corrected chi connectivity index (χ3v) is 5.33. The Labute approximate surface area is 152 Å². The van der Waals surface area contributed by atoms with E-state index < -0.39 is 0 Å². The maximum atomic E-state index is 12.5. The second-order valence-electron chi connectivity index (χ2n) is 6.34. The number of nitrogens with zero attached hydrogens (tertiary/aromatic N) is 3. The molecule has 6 heteroatoms. The number of carbonyl (C=O) groups excluding carboxylic acids is 2. The Hall–Kier alpha value is -2.47. The Bertz CT molecular complexity index is 887. The van der Waals surface area contributed by atoms with E-state index in [4.69, 9.17) is 12.2 Å². The highest BCUT2D eigenvalue weighted by Crippen LogP contribution is 2.28. The number of likely N-dealkylation sites (N-methyl/N-ethyl adjacent to an activating group) is 2. The molecule has 0 N–H and O–H groups in total. The molecule has 0 bridgehead atoms. The van der Waals surface area contributed by atoms with E-state index in [2.05, 4.69) is 24.5 Å². The smallest absolute Gasteiger partial charge is 0.265 e. The zero-order valence-electron chi connectivity index (χ0n) is 14.8. The minimum Gasteiger partial charge on any atom is -0.344 e. The number of amides is 2. The fourth-order valence-corrected chi connectivity index (χ4v) is 3.20. The van der Waals surface area contributed by atoms with Gasteiger partial charge in [-0.15, -0.1) is 0 Å². The predicted molar refractivity (Wildman–Crippen MR) is 103 cm³/mol. The first-order valence-electron chi connectivity index (χ1n) is 8.28. The van der Waals surface area contributed by atoms with Gasteiger partial charge in [0.25, 0.3) is 11.8 Å². The molecule has 0 saturated carbocycles. The van der Waals surface area contributed by atoms with E-state index in [0.29, 0.717) is 6.04 Å². The Balaban J connectivity index is 2.17. The van der Waals surface area contributed by atoms with E-state index in [1.165, 1.54) is 9.80 Å². The first kappa shape index (κ1) is 17.4. The van der Waals surface area contributed by atoms with Crippen LogP contribution in [-0.4, -0.2) is 45.4 Å². The number of para-hydroxylation sites is 1. The van der Waals surface area contributed by atoms with Crippen LogP contribution >= 0.6 is 12.2 Å². The third-order valence-electron chi connectivity index (χ3n) is 4.78. The van der Waals surface area contributed by atoms with E-state index in [9.17, 15) is 9.59 Å². The van der Waals surface area contributed by atoms with Gasteiger partial charge >= 0.3 is 0 Å². The summed E-state index contributed by atoms with van der Waals surface area (Å²) in [5.41, 5.74) is 2.09. The third kappa shape index (κ3) is 2.76. The Kier molecular flexibility index (Phi) is 4.47. The maximum absolute atomic E-state index is 12.5. The van der Waals surface area contributed by atoms with Crippen LogP contribution in [0.4, 0.5) is 0 Å². The van der Waals surface area contributed by atoms with Gasteiger partial charge in [0.1, 0.15) is 5.57 Å². The first-order chi connectivity index (χ1) is 11.9. The van der Waals surface area contributed by atoms with Crippen LogP contribution in [0.5, 0.6) is 0 Å². The highest BCUT2D eigenvalue weighted by Gasteiger charge is 2.35. The number of hydrogen-bond donors (Lipinski definition) is 0. The summed E-state index contributed by atoms with van der Waals surface area (Å²) in [6, 6.07) is 8.35. The van der Waals surface area contributed by atoms with Crippen LogP contribution in [0.3, 0.4) is 0 Å². The molecule has 1 aromatic carbocycles. The molecule has 1 aliphatic heterocycles. The highest BCUT2D eigenvalue weighted by molar-refractivity contribution is 7.80. The molecule has 1 aromatic heterocycles. The lowest BCUT2D eigenvalue weighted by Gasteiger charge is -2.31. The minimum atomic E-state index is -0.367. The van der Waals surface area contributed by atoms with Gasteiger partial charge in [-0.2, -0.15) is 0 Å². The number of fused-ring (bicyclic) bond motifs is 1. The molecule has 0 radical (unpaired) electrons. The lowest BCUT2D eigenvalue weighted by Crippen LogP contribution is -2.52. The monoisotopic (exact) mass is 355 g/mol. The van der Waals surface area contributed by atoms with Crippen LogP contribution in [-0.2, 0) is 9.59 Å². The Morgan fingerprint density at radius 2 is 1.72 bits per heavy atom. The SMILES string of the molecule is CCC(C)n1cc(C=C2C(=O)N(C)C(=S)N(C)C2=O)c2ccccc21. The zero-order valence-corrected chi connectivity index (χ0v) is 15.6. The zero-order chi connectivity index (χ0) is 18.3. The molecular formula is C19H21N3O2S. The minimum absolute atomic E-state index is 0.130. The molecule has 1 unspecified atom stereocenters. The van der Waals surface area contributed by atoms with Crippen molar-refractivity contribution >= 4 is 46.1 Å². The molecule has 1 fully saturated rings. The molecule has 5 nitrogen and oxygen atoms in total. The van der Waals surface area contributed by atoms with Crippen LogP contribution in [0.15, 0.2) is 36.0 Å². The summed E-state index contributed by atoms with van der Waals surface area (Å²) in [5, 5.41) is 1.24. The number of aromatic nitrogens is 1. The summed E-state index contributed by atoms with van der Waals surface area (Å²) >= 11 is 5.13. The standard InChI is InChI=1S/C19H21N3O2S/c1-5-12(2)22-11-13(14-8-6-7-9-16(14)22)10-15-17(23)20(3)19(25)21(4)18(15)24/h6-12H,5H2,1-4H3. The molecular weight excluding hydrogens is 334 g/mol. The highest BCUT2D eigenvalue weighted by atomic mass is 32.1. The van der Waals surface area contributed by atoms with Crippen molar-refractivity contribution in [3.63, 3.8) is 0 Å². The molecule has 130 valence electrons. The molecule has 2 aromatic rings. The molecule has 3 rings (SSSR count). The number of carbonyl (C=O) groups is 2. The average molecular weight is 355 g/mol. The number of rotatable bonds is 3. The number of thiocarbonyl (C=S) groups is 1. The van der Waals surface area contributed by atoms with Gasteiger partial charge in [0.15, 0.2) is 5.11 Å². The van der Waals surface area contributed by atoms with Gasteiger partial charge in [0, 0.05) is 42.8 Å². The van der Waals surface area contributed by atoms with E-state index in [-0.39, 0.29) is 22.5 Å². The van der Waals surface area contributed by atoms with Crippen molar-refractivity contribution in [3.8, 4) is 0 Å². The van der Waals surface area contributed by atoms with Crippen molar-refractivity contribution in [2.24, 2.45) is 0 Å². The predicted octanol–water partition coefficient (Wildman–Crippen LogP) is 3.21. The van der Waals surface area contributed by atoms with Crippen molar-refractivity contribution in [1.29, 1.82) is 0 Å². The topological polar surface area (TPSA) is 45.6 Å². The van der Waals surface area contributed by atoms with Gasteiger partial charge in [-0.3, -0.25) is 19.4 Å². The van der Waals surface area contributed by atoms with E-state index in [1.807, 2.05) is 24.4 Å². The summed E-state index contributed by atoms with van der Waals surface area (Å²) in [4.78, 5) is 27.7. The Morgan fingerprint density at radius 1 is 1.12 bits per heavy atom. The van der Waals surface area contributed by atoms with Crippen molar-refractivity contribution in [1.82, 2.24) is 14.4 Å². The van der Waals surface area contributed by atoms with Gasteiger partial charge in [0.05, 0.1) is 0 Å².